The van der Waals surface area contributed by atoms with Gasteiger partial charge in [-0.2, -0.15) is 0 Å². The first-order valence-electron chi connectivity index (χ1n) is 8.14. The summed E-state index contributed by atoms with van der Waals surface area (Å²) in [6, 6.07) is 11.2. The van der Waals surface area contributed by atoms with Gasteiger partial charge in [0, 0.05) is 17.6 Å². The van der Waals surface area contributed by atoms with E-state index in [1.165, 1.54) is 36.6 Å². The van der Waals surface area contributed by atoms with E-state index in [4.69, 9.17) is 0 Å². The molecule has 1 aromatic heterocycles. The van der Waals surface area contributed by atoms with Crippen LogP contribution in [0.15, 0.2) is 36.5 Å². The van der Waals surface area contributed by atoms with Gasteiger partial charge in [0.05, 0.1) is 5.52 Å². The van der Waals surface area contributed by atoms with E-state index in [0.29, 0.717) is 17.4 Å². The summed E-state index contributed by atoms with van der Waals surface area (Å²) >= 11 is 0. The molecule has 0 saturated heterocycles. The van der Waals surface area contributed by atoms with Crippen LogP contribution in [0.1, 0.15) is 51.1 Å². The van der Waals surface area contributed by atoms with E-state index in [0.717, 1.165) is 5.52 Å². The van der Waals surface area contributed by atoms with Gasteiger partial charge in [0.1, 0.15) is 0 Å². The molecule has 21 heavy (non-hydrogen) atoms. The molecule has 0 amide bonds. The van der Waals surface area contributed by atoms with Crippen LogP contribution in [0.3, 0.4) is 0 Å². The fraction of sp³-hybridized carbons (Fsp3) is 0.526. The van der Waals surface area contributed by atoms with Crippen molar-refractivity contribution < 1.29 is 0 Å². The second-order valence-corrected chi connectivity index (χ2v) is 7.02. The highest BCUT2D eigenvalue weighted by Gasteiger charge is 2.37. The Hall–Kier alpha value is -1.41. The average Bonchev–Trinajstić information content (AvgIpc) is 2.49. The lowest BCUT2D eigenvalue weighted by Gasteiger charge is -2.43. The summed E-state index contributed by atoms with van der Waals surface area (Å²) in [5.74, 6) is 0.682. The smallest absolute Gasteiger partial charge is 0.0705 e. The summed E-state index contributed by atoms with van der Waals surface area (Å²) in [5, 5.41) is 4.90. The van der Waals surface area contributed by atoms with Crippen LogP contribution in [0.2, 0.25) is 0 Å². The second kappa shape index (κ2) is 5.76. The highest BCUT2D eigenvalue weighted by Crippen LogP contribution is 2.47. The zero-order valence-corrected chi connectivity index (χ0v) is 13.4. The Kier molecular flexibility index (Phi) is 3.99. The number of fused-ring (bicyclic) bond motifs is 1. The van der Waals surface area contributed by atoms with E-state index in [1.54, 1.807) is 0 Å². The number of hydrogen-bond donors (Lipinski definition) is 1. The van der Waals surface area contributed by atoms with Crippen LogP contribution in [-0.2, 0) is 0 Å². The number of rotatable bonds is 3. The minimum atomic E-state index is 0.399. The van der Waals surface area contributed by atoms with Crippen molar-refractivity contribution in [2.75, 3.05) is 7.05 Å². The van der Waals surface area contributed by atoms with Gasteiger partial charge >= 0.3 is 0 Å². The van der Waals surface area contributed by atoms with E-state index in [2.05, 4.69) is 55.5 Å². The molecule has 2 atom stereocenters. The Labute approximate surface area is 128 Å². The average molecular weight is 282 g/mol. The zero-order valence-electron chi connectivity index (χ0n) is 13.4. The van der Waals surface area contributed by atoms with E-state index in [9.17, 15) is 0 Å². The molecule has 2 nitrogen and oxygen atoms in total. The number of benzene rings is 1. The third kappa shape index (κ3) is 2.69. The molecule has 0 aliphatic heterocycles. The number of nitrogens with zero attached hydrogens (tertiary/aromatic N) is 1. The van der Waals surface area contributed by atoms with Gasteiger partial charge in [-0.25, -0.2) is 0 Å². The summed E-state index contributed by atoms with van der Waals surface area (Å²) in [6.07, 6.45) is 7.26. The molecule has 1 aliphatic rings. The fourth-order valence-electron chi connectivity index (χ4n) is 4.11. The van der Waals surface area contributed by atoms with Gasteiger partial charge in [-0.05, 0) is 48.9 Å². The summed E-state index contributed by atoms with van der Waals surface area (Å²) in [7, 11) is 2.10. The first kappa shape index (κ1) is 14.5. The number of pyridine rings is 1. The van der Waals surface area contributed by atoms with Crippen LogP contribution >= 0.6 is 0 Å². The molecule has 1 N–H and O–H groups in total. The molecule has 3 rings (SSSR count). The molecule has 2 unspecified atom stereocenters. The molecule has 112 valence electrons. The van der Waals surface area contributed by atoms with E-state index < -0.39 is 0 Å². The fourth-order valence-corrected chi connectivity index (χ4v) is 4.11. The van der Waals surface area contributed by atoms with E-state index >= 15 is 0 Å². The molecule has 0 radical (unpaired) electrons. The monoisotopic (exact) mass is 282 g/mol. The van der Waals surface area contributed by atoms with Crippen molar-refractivity contribution >= 4 is 10.9 Å². The lowest BCUT2D eigenvalue weighted by molar-refractivity contribution is 0.102. The highest BCUT2D eigenvalue weighted by atomic mass is 14.9. The molecule has 1 aliphatic carbocycles. The Morgan fingerprint density at radius 1 is 1.19 bits per heavy atom. The highest BCUT2D eigenvalue weighted by molar-refractivity contribution is 5.82. The summed E-state index contributed by atoms with van der Waals surface area (Å²) in [6.45, 7) is 4.87. The topological polar surface area (TPSA) is 24.9 Å². The van der Waals surface area contributed by atoms with Crippen LogP contribution in [-0.4, -0.2) is 12.0 Å². The Balaban J connectivity index is 2.06. The van der Waals surface area contributed by atoms with Crippen molar-refractivity contribution in [2.45, 2.75) is 45.6 Å². The molecule has 0 spiro atoms. The second-order valence-electron chi connectivity index (χ2n) is 7.02. The van der Waals surface area contributed by atoms with Crippen molar-refractivity contribution in [3.63, 3.8) is 0 Å². The predicted molar refractivity (Wildman–Crippen MR) is 89.3 cm³/mol. The van der Waals surface area contributed by atoms with Gasteiger partial charge < -0.3 is 5.32 Å². The quantitative estimate of drug-likeness (QED) is 0.881. The van der Waals surface area contributed by atoms with Crippen molar-refractivity contribution in [3.05, 3.63) is 42.1 Å². The van der Waals surface area contributed by atoms with E-state index in [1.807, 2.05) is 12.3 Å². The van der Waals surface area contributed by atoms with Crippen LogP contribution in [0.5, 0.6) is 0 Å². The maximum atomic E-state index is 4.51. The molecule has 1 saturated carbocycles. The van der Waals surface area contributed by atoms with Gasteiger partial charge in [-0.3, -0.25) is 4.98 Å². The van der Waals surface area contributed by atoms with Gasteiger partial charge in [-0.15, -0.1) is 0 Å². The predicted octanol–water partition coefficient (Wildman–Crippen LogP) is 4.71. The lowest BCUT2D eigenvalue weighted by atomic mass is 9.64. The Morgan fingerprint density at radius 2 is 2.05 bits per heavy atom. The standard InChI is InChI=1S/C19H26N2/c1-19(2)12-5-4-10-16(19)18(20-3)15-8-6-11-17-14(15)9-7-13-21-17/h6-9,11,13,16,18,20H,4-5,10,12H2,1-3H3. The Bertz CT molecular complexity index is 612. The molecule has 0 bridgehead atoms. The molecule has 1 fully saturated rings. The van der Waals surface area contributed by atoms with Crippen LogP contribution in [0.4, 0.5) is 0 Å². The van der Waals surface area contributed by atoms with Gasteiger partial charge in [0.2, 0.25) is 0 Å². The van der Waals surface area contributed by atoms with Crippen LogP contribution in [0.25, 0.3) is 10.9 Å². The minimum absolute atomic E-state index is 0.399. The SMILES string of the molecule is CNC(c1cccc2ncccc12)C1CCCCC1(C)C. The maximum Gasteiger partial charge on any atom is 0.0705 e. The normalized spacial score (nSPS) is 23.1. The minimum Gasteiger partial charge on any atom is -0.313 e. The van der Waals surface area contributed by atoms with Gasteiger partial charge in [-0.1, -0.05) is 44.9 Å². The van der Waals surface area contributed by atoms with Crippen molar-refractivity contribution in [3.8, 4) is 0 Å². The summed E-state index contributed by atoms with van der Waals surface area (Å²) in [5.41, 5.74) is 2.91. The molecule has 1 aromatic carbocycles. The third-order valence-electron chi connectivity index (χ3n) is 5.32. The molecule has 1 heterocycles. The van der Waals surface area contributed by atoms with Gasteiger partial charge in [0.25, 0.3) is 0 Å². The maximum absolute atomic E-state index is 4.51. The number of nitrogens with one attached hydrogen (secondary N) is 1. The van der Waals surface area contributed by atoms with Crippen LogP contribution < -0.4 is 5.32 Å². The van der Waals surface area contributed by atoms with Crippen molar-refractivity contribution in [2.24, 2.45) is 11.3 Å². The molecule has 2 aromatic rings. The van der Waals surface area contributed by atoms with E-state index in [-0.39, 0.29) is 0 Å². The first-order valence-corrected chi connectivity index (χ1v) is 8.14. The number of aromatic nitrogens is 1. The van der Waals surface area contributed by atoms with Crippen molar-refractivity contribution in [1.29, 1.82) is 0 Å². The third-order valence-corrected chi connectivity index (χ3v) is 5.32. The largest absolute Gasteiger partial charge is 0.313 e. The van der Waals surface area contributed by atoms with Crippen molar-refractivity contribution in [1.82, 2.24) is 10.3 Å². The Morgan fingerprint density at radius 3 is 2.81 bits per heavy atom. The first-order chi connectivity index (χ1) is 10.1. The zero-order chi connectivity index (χ0) is 14.9. The molecule has 2 heteroatoms. The van der Waals surface area contributed by atoms with Gasteiger partial charge in [0.15, 0.2) is 0 Å². The lowest BCUT2D eigenvalue weighted by Crippen LogP contribution is -2.37. The molecular formula is C19H26N2. The summed E-state index contributed by atoms with van der Waals surface area (Å²) < 4.78 is 0. The summed E-state index contributed by atoms with van der Waals surface area (Å²) in [4.78, 5) is 4.51. The number of hydrogen-bond acceptors (Lipinski definition) is 2. The molecular weight excluding hydrogens is 256 g/mol. The van der Waals surface area contributed by atoms with Crippen LogP contribution in [0, 0.1) is 11.3 Å².